The summed E-state index contributed by atoms with van der Waals surface area (Å²) < 4.78 is 0. The first-order chi connectivity index (χ1) is 3.31. The summed E-state index contributed by atoms with van der Waals surface area (Å²) in [6.07, 6.45) is 1.17. The van der Waals surface area contributed by atoms with Crippen LogP contribution in [0.2, 0.25) is 0 Å². The van der Waals surface area contributed by atoms with Gasteiger partial charge in [0.15, 0.2) is 0 Å². The molecule has 0 heterocycles. The van der Waals surface area contributed by atoms with Crippen LogP contribution in [-0.4, -0.2) is 12.6 Å². The molecule has 0 aromatic rings. The van der Waals surface area contributed by atoms with Crippen LogP contribution in [0.4, 0.5) is 0 Å². The van der Waals surface area contributed by atoms with Crippen molar-refractivity contribution in [1.82, 2.24) is 0 Å². The van der Waals surface area contributed by atoms with Crippen molar-refractivity contribution in [1.29, 1.82) is 0 Å². The van der Waals surface area contributed by atoms with Gasteiger partial charge in [-0.15, -0.1) is 6.04 Å². The number of hydrogen-bond acceptors (Lipinski definition) is 0. The predicted molar refractivity (Wildman–Crippen MR) is 33.7 cm³/mol. The summed E-state index contributed by atoms with van der Waals surface area (Å²) in [6.45, 7) is 7.34. The molecule has 0 aromatic heterocycles. The molecule has 0 aliphatic heterocycles. The Morgan fingerprint density at radius 2 is 1.88 bits per heavy atom. The van der Waals surface area contributed by atoms with Crippen molar-refractivity contribution in [2.75, 3.05) is 6.54 Å². The first kappa shape index (κ1) is 11.4. The summed E-state index contributed by atoms with van der Waals surface area (Å²) >= 11 is 0. The van der Waals surface area contributed by atoms with Gasteiger partial charge in [-0.25, -0.2) is 0 Å². The van der Waals surface area contributed by atoms with E-state index in [0.29, 0.717) is 6.04 Å². The minimum absolute atomic E-state index is 0. The van der Waals surface area contributed by atoms with Crippen molar-refractivity contribution in [3.8, 4) is 0 Å². The van der Waals surface area contributed by atoms with Gasteiger partial charge in [-0.1, -0.05) is 27.2 Å². The van der Waals surface area contributed by atoms with Gasteiger partial charge in [-0.2, -0.15) is 6.54 Å². The third-order valence-corrected chi connectivity index (χ3v) is 1.09. The molecular formula is C6H14LiN. The van der Waals surface area contributed by atoms with Crippen molar-refractivity contribution in [2.24, 2.45) is 0 Å². The average Bonchev–Trinajstić information content (AvgIpc) is 1.68. The second kappa shape index (κ2) is 7.56. The van der Waals surface area contributed by atoms with Crippen molar-refractivity contribution >= 4 is 0 Å². The average molecular weight is 107 g/mol. The van der Waals surface area contributed by atoms with Crippen LogP contribution in [-0.2, 0) is 0 Å². The zero-order chi connectivity index (χ0) is 5.70. The van der Waals surface area contributed by atoms with Crippen molar-refractivity contribution < 1.29 is 18.9 Å². The largest absolute Gasteiger partial charge is 1.00 e. The molecule has 0 saturated heterocycles. The van der Waals surface area contributed by atoms with E-state index >= 15 is 0 Å². The smallest absolute Gasteiger partial charge is 0.660 e. The van der Waals surface area contributed by atoms with Crippen LogP contribution in [0.3, 0.4) is 0 Å². The Balaban J connectivity index is 0. The van der Waals surface area contributed by atoms with E-state index in [-0.39, 0.29) is 18.9 Å². The number of hydrogen-bond donors (Lipinski definition) is 0. The number of rotatable bonds is 3. The van der Waals surface area contributed by atoms with Crippen LogP contribution in [0.15, 0.2) is 0 Å². The van der Waals surface area contributed by atoms with Crippen molar-refractivity contribution in [3.63, 3.8) is 0 Å². The Kier molecular flexibility index (Phi) is 10.7. The summed E-state index contributed by atoms with van der Waals surface area (Å²) in [4.78, 5) is 0. The predicted octanol–water partition coefficient (Wildman–Crippen LogP) is -0.817. The molecule has 0 spiro atoms. The molecule has 0 saturated carbocycles. The Morgan fingerprint density at radius 3 is 2.00 bits per heavy atom. The summed E-state index contributed by atoms with van der Waals surface area (Å²) in [5.74, 6) is 0. The third-order valence-electron chi connectivity index (χ3n) is 1.09. The standard InChI is InChI=1S/C6H14N.Li/c1-4-6(3)7-5-2;/h6H,4-5H2,1-3H3;/q-1;+1. The topological polar surface area (TPSA) is 14.1 Å². The van der Waals surface area contributed by atoms with E-state index in [4.69, 9.17) is 0 Å². The van der Waals surface area contributed by atoms with Crippen LogP contribution < -0.4 is 18.9 Å². The molecule has 0 rings (SSSR count). The first-order valence-corrected chi connectivity index (χ1v) is 2.97. The van der Waals surface area contributed by atoms with Gasteiger partial charge in [-0.05, 0) is 0 Å². The van der Waals surface area contributed by atoms with E-state index < -0.39 is 0 Å². The molecule has 0 aliphatic carbocycles. The summed E-state index contributed by atoms with van der Waals surface area (Å²) in [5, 5.41) is 4.24. The fourth-order valence-electron chi connectivity index (χ4n) is 0.441. The molecule has 0 aliphatic rings. The van der Waals surface area contributed by atoms with Gasteiger partial charge in [0.2, 0.25) is 0 Å². The Bertz CT molecular complexity index is 39.5. The Labute approximate surface area is 64.4 Å². The van der Waals surface area contributed by atoms with E-state index in [1.54, 1.807) is 0 Å². The fourth-order valence-corrected chi connectivity index (χ4v) is 0.441. The van der Waals surface area contributed by atoms with Gasteiger partial charge < -0.3 is 5.32 Å². The fraction of sp³-hybridized carbons (Fsp3) is 1.00. The third kappa shape index (κ3) is 6.56. The van der Waals surface area contributed by atoms with Gasteiger partial charge in [0.25, 0.3) is 0 Å². The van der Waals surface area contributed by atoms with E-state index in [9.17, 15) is 0 Å². The van der Waals surface area contributed by atoms with Gasteiger partial charge in [0.1, 0.15) is 0 Å². The van der Waals surface area contributed by atoms with Crippen molar-refractivity contribution in [2.45, 2.75) is 33.2 Å². The molecule has 0 fully saturated rings. The first-order valence-electron chi connectivity index (χ1n) is 2.97. The zero-order valence-electron chi connectivity index (χ0n) is 6.44. The van der Waals surface area contributed by atoms with E-state index in [0.717, 1.165) is 6.54 Å². The maximum absolute atomic E-state index is 4.24. The van der Waals surface area contributed by atoms with E-state index in [1.165, 1.54) is 6.42 Å². The maximum atomic E-state index is 4.24. The maximum Gasteiger partial charge on any atom is 1.00 e. The molecule has 2 heteroatoms. The molecule has 0 bridgehead atoms. The molecule has 8 heavy (non-hydrogen) atoms. The number of nitrogens with zero attached hydrogens (tertiary/aromatic N) is 1. The van der Waals surface area contributed by atoms with Crippen LogP contribution in [0.25, 0.3) is 5.32 Å². The molecular weight excluding hydrogens is 93.0 g/mol. The summed E-state index contributed by atoms with van der Waals surface area (Å²) in [6, 6.07) is 0.574. The van der Waals surface area contributed by atoms with Gasteiger partial charge in [0, 0.05) is 0 Å². The molecule has 0 aromatic carbocycles. The second-order valence-electron chi connectivity index (χ2n) is 1.76. The van der Waals surface area contributed by atoms with Crippen LogP contribution >= 0.6 is 0 Å². The summed E-state index contributed by atoms with van der Waals surface area (Å²) in [7, 11) is 0. The van der Waals surface area contributed by atoms with E-state index in [2.05, 4.69) is 26.1 Å². The minimum Gasteiger partial charge on any atom is -0.660 e. The quantitative estimate of drug-likeness (QED) is 0.418. The second-order valence-corrected chi connectivity index (χ2v) is 1.76. The molecule has 1 unspecified atom stereocenters. The van der Waals surface area contributed by atoms with Crippen LogP contribution in [0.1, 0.15) is 27.2 Å². The molecule has 0 amide bonds. The van der Waals surface area contributed by atoms with Crippen LogP contribution in [0, 0.1) is 0 Å². The molecule has 1 atom stereocenters. The SMILES string of the molecule is CC[N-]C(C)CC.[Li+]. The molecule has 0 radical (unpaired) electrons. The van der Waals surface area contributed by atoms with Gasteiger partial charge >= 0.3 is 18.9 Å². The Morgan fingerprint density at radius 1 is 1.38 bits per heavy atom. The monoisotopic (exact) mass is 107 g/mol. The van der Waals surface area contributed by atoms with Crippen LogP contribution in [0.5, 0.6) is 0 Å². The van der Waals surface area contributed by atoms with E-state index in [1.807, 2.05) is 0 Å². The van der Waals surface area contributed by atoms with Gasteiger partial charge in [0.05, 0.1) is 0 Å². The molecule has 44 valence electrons. The molecule has 0 N–H and O–H groups in total. The molecule has 1 nitrogen and oxygen atoms in total. The zero-order valence-corrected chi connectivity index (χ0v) is 6.44. The Hall–Kier alpha value is 0.557. The normalized spacial score (nSPS) is 12.4. The minimum atomic E-state index is 0. The van der Waals surface area contributed by atoms with Gasteiger partial charge in [-0.3, -0.25) is 0 Å². The summed E-state index contributed by atoms with van der Waals surface area (Å²) in [5.41, 5.74) is 0. The van der Waals surface area contributed by atoms with Crippen molar-refractivity contribution in [3.05, 3.63) is 5.32 Å².